The highest BCUT2D eigenvalue weighted by Gasteiger charge is 2.24. The summed E-state index contributed by atoms with van der Waals surface area (Å²) < 4.78 is 11.4. The summed E-state index contributed by atoms with van der Waals surface area (Å²) >= 11 is 7.51. The van der Waals surface area contributed by atoms with E-state index in [0.29, 0.717) is 16.5 Å². The van der Waals surface area contributed by atoms with Gasteiger partial charge in [0.2, 0.25) is 0 Å². The van der Waals surface area contributed by atoms with Crippen molar-refractivity contribution in [3.63, 3.8) is 0 Å². The molecule has 5 nitrogen and oxygen atoms in total. The van der Waals surface area contributed by atoms with Gasteiger partial charge in [-0.2, -0.15) is 0 Å². The Balaban J connectivity index is 1.72. The number of hydrogen-bond donors (Lipinski definition) is 1. The number of methoxy groups -OCH3 is 1. The molecule has 0 fully saturated rings. The van der Waals surface area contributed by atoms with E-state index >= 15 is 0 Å². The van der Waals surface area contributed by atoms with Gasteiger partial charge in [-0.3, -0.25) is 4.79 Å². The Morgan fingerprint density at radius 1 is 1.12 bits per heavy atom. The molecule has 0 saturated heterocycles. The summed E-state index contributed by atoms with van der Waals surface area (Å²) in [5, 5.41) is 3.82. The fourth-order valence-electron chi connectivity index (χ4n) is 2.40. The number of rotatable bonds is 5. The summed E-state index contributed by atoms with van der Waals surface area (Å²) in [6.07, 6.45) is -0.992. The quantitative estimate of drug-likeness (QED) is 0.639. The van der Waals surface area contributed by atoms with Crippen molar-refractivity contribution in [3.05, 3.63) is 58.4 Å². The van der Waals surface area contributed by atoms with Crippen LogP contribution in [-0.2, 0) is 9.53 Å². The maximum absolute atomic E-state index is 12.4. The molecule has 1 heterocycles. The molecule has 0 aliphatic heterocycles. The van der Waals surface area contributed by atoms with Gasteiger partial charge in [-0.05, 0) is 25.1 Å². The molecule has 26 heavy (non-hydrogen) atoms. The minimum absolute atomic E-state index is 0.282. The molecular formula is C19H16ClNO4S. The van der Waals surface area contributed by atoms with Gasteiger partial charge in [0.1, 0.15) is 10.6 Å². The fraction of sp³-hybridized carbons (Fsp3) is 0.158. The number of thiophene rings is 1. The average molecular weight is 390 g/mol. The first kappa shape index (κ1) is 18.2. The average Bonchev–Trinajstić information content (AvgIpc) is 2.99. The first-order chi connectivity index (χ1) is 12.5. The lowest BCUT2D eigenvalue weighted by molar-refractivity contribution is -0.123. The molecule has 0 spiro atoms. The summed E-state index contributed by atoms with van der Waals surface area (Å²) in [4.78, 5) is 25.0. The van der Waals surface area contributed by atoms with Crippen LogP contribution in [-0.4, -0.2) is 25.1 Å². The van der Waals surface area contributed by atoms with E-state index in [0.717, 1.165) is 10.1 Å². The van der Waals surface area contributed by atoms with E-state index < -0.39 is 18.0 Å². The van der Waals surface area contributed by atoms with Crippen LogP contribution in [0, 0.1) is 0 Å². The third kappa shape index (κ3) is 3.66. The molecule has 0 saturated carbocycles. The van der Waals surface area contributed by atoms with Crippen LogP contribution >= 0.6 is 22.9 Å². The van der Waals surface area contributed by atoms with Gasteiger partial charge in [0, 0.05) is 10.1 Å². The number of hydrogen-bond acceptors (Lipinski definition) is 5. The topological polar surface area (TPSA) is 64.6 Å². The number of nitrogens with one attached hydrogen (secondary N) is 1. The third-order valence-corrected chi connectivity index (χ3v) is 5.39. The highest BCUT2D eigenvalue weighted by Crippen LogP contribution is 2.35. The maximum Gasteiger partial charge on any atom is 0.350 e. The molecule has 3 rings (SSSR count). The molecule has 1 aromatic heterocycles. The summed E-state index contributed by atoms with van der Waals surface area (Å²) in [6, 6.07) is 14.4. The smallest absolute Gasteiger partial charge is 0.350 e. The van der Waals surface area contributed by atoms with E-state index in [-0.39, 0.29) is 4.88 Å². The van der Waals surface area contributed by atoms with Crippen molar-refractivity contribution < 1.29 is 19.1 Å². The summed E-state index contributed by atoms with van der Waals surface area (Å²) in [5.41, 5.74) is 0.503. The number of amides is 1. The normalized spacial score (nSPS) is 11.8. The molecule has 1 N–H and O–H groups in total. The minimum atomic E-state index is -0.992. The van der Waals surface area contributed by atoms with E-state index in [1.807, 2.05) is 24.3 Å². The lowest BCUT2D eigenvalue weighted by Crippen LogP contribution is -2.30. The van der Waals surface area contributed by atoms with E-state index in [9.17, 15) is 9.59 Å². The van der Waals surface area contributed by atoms with Crippen LogP contribution in [0.1, 0.15) is 16.6 Å². The summed E-state index contributed by atoms with van der Waals surface area (Å²) in [6.45, 7) is 1.50. The van der Waals surface area contributed by atoms with Crippen molar-refractivity contribution in [3.8, 4) is 5.75 Å². The third-order valence-electron chi connectivity index (χ3n) is 3.74. The van der Waals surface area contributed by atoms with Crippen molar-refractivity contribution in [2.45, 2.75) is 13.0 Å². The molecule has 0 aliphatic carbocycles. The predicted molar refractivity (Wildman–Crippen MR) is 103 cm³/mol. The molecule has 1 atom stereocenters. The Hall–Kier alpha value is -2.57. The van der Waals surface area contributed by atoms with Gasteiger partial charge in [0.25, 0.3) is 5.91 Å². The second kappa shape index (κ2) is 7.76. The first-order valence-corrected chi connectivity index (χ1v) is 9.02. The Bertz CT molecular complexity index is 969. The number of anilines is 1. The van der Waals surface area contributed by atoms with Gasteiger partial charge in [0.15, 0.2) is 6.10 Å². The number of esters is 1. The summed E-state index contributed by atoms with van der Waals surface area (Å²) in [7, 11) is 1.51. The SMILES string of the molecule is COc1ccccc1NC(=O)[C@@H](C)OC(=O)c1sc2ccccc2c1Cl. The molecule has 0 bridgehead atoms. The van der Waals surface area contributed by atoms with Crippen LogP contribution in [0.5, 0.6) is 5.75 Å². The zero-order valence-electron chi connectivity index (χ0n) is 14.1. The maximum atomic E-state index is 12.4. The number of ether oxygens (including phenoxy) is 2. The molecule has 3 aromatic rings. The second-order valence-electron chi connectivity index (χ2n) is 5.48. The highest BCUT2D eigenvalue weighted by molar-refractivity contribution is 7.21. The van der Waals surface area contributed by atoms with Crippen LogP contribution in [0.3, 0.4) is 0 Å². The number of para-hydroxylation sites is 2. The molecule has 1 amide bonds. The number of carbonyl (C=O) groups excluding carboxylic acids is 2. The number of carbonyl (C=O) groups is 2. The fourth-order valence-corrected chi connectivity index (χ4v) is 3.79. The van der Waals surface area contributed by atoms with Gasteiger partial charge >= 0.3 is 5.97 Å². The molecule has 0 unspecified atom stereocenters. The van der Waals surface area contributed by atoms with Crippen molar-refractivity contribution in [2.75, 3.05) is 12.4 Å². The highest BCUT2D eigenvalue weighted by atomic mass is 35.5. The largest absolute Gasteiger partial charge is 0.495 e. The van der Waals surface area contributed by atoms with Crippen molar-refractivity contribution in [1.82, 2.24) is 0 Å². The molecule has 7 heteroatoms. The Morgan fingerprint density at radius 2 is 1.81 bits per heavy atom. The van der Waals surface area contributed by atoms with E-state index in [1.54, 1.807) is 24.3 Å². The van der Waals surface area contributed by atoms with Crippen LogP contribution in [0.25, 0.3) is 10.1 Å². The van der Waals surface area contributed by atoms with E-state index in [1.165, 1.54) is 25.4 Å². The number of benzene rings is 2. The standard InChI is InChI=1S/C19H16ClNO4S/c1-11(18(22)21-13-8-4-5-9-14(13)24-2)25-19(23)17-16(20)12-7-3-6-10-15(12)26-17/h3-11H,1-2H3,(H,21,22)/t11-/m1/s1. The van der Waals surface area contributed by atoms with E-state index in [2.05, 4.69) is 5.32 Å². The van der Waals surface area contributed by atoms with Gasteiger partial charge < -0.3 is 14.8 Å². The second-order valence-corrected chi connectivity index (χ2v) is 6.91. The lowest BCUT2D eigenvalue weighted by Gasteiger charge is -2.14. The van der Waals surface area contributed by atoms with Gasteiger partial charge in [0.05, 0.1) is 17.8 Å². The minimum Gasteiger partial charge on any atom is -0.495 e. The van der Waals surface area contributed by atoms with Crippen molar-refractivity contribution in [1.29, 1.82) is 0 Å². The zero-order valence-corrected chi connectivity index (χ0v) is 15.7. The van der Waals surface area contributed by atoms with Crippen LogP contribution in [0.15, 0.2) is 48.5 Å². The first-order valence-electron chi connectivity index (χ1n) is 7.83. The number of fused-ring (bicyclic) bond motifs is 1. The molecule has 0 aliphatic rings. The van der Waals surface area contributed by atoms with Gasteiger partial charge in [-0.15, -0.1) is 11.3 Å². The molecule has 0 radical (unpaired) electrons. The van der Waals surface area contributed by atoms with Gasteiger partial charge in [-0.1, -0.05) is 41.9 Å². The monoisotopic (exact) mass is 389 g/mol. The van der Waals surface area contributed by atoms with Gasteiger partial charge in [-0.25, -0.2) is 4.79 Å². The van der Waals surface area contributed by atoms with Crippen LogP contribution < -0.4 is 10.1 Å². The molecule has 2 aromatic carbocycles. The zero-order chi connectivity index (χ0) is 18.7. The Kier molecular flexibility index (Phi) is 5.44. The van der Waals surface area contributed by atoms with E-state index in [4.69, 9.17) is 21.1 Å². The molecular weight excluding hydrogens is 374 g/mol. The Labute approximate surface area is 159 Å². The predicted octanol–water partition coefficient (Wildman–Crippen LogP) is 4.75. The van der Waals surface area contributed by atoms with Crippen LogP contribution in [0.2, 0.25) is 5.02 Å². The number of halogens is 1. The van der Waals surface area contributed by atoms with Crippen LogP contribution in [0.4, 0.5) is 5.69 Å². The lowest BCUT2D eigenvalue weighted by atomic mass is 10.2. The summed E-state index contributed by atoms with van der Waals surface area (Å²) in [5.74, 6) is -0.564. The van der Waals surface area contributed by atoms with Crippen molar-refractivity contribution in [2.24, 2.45) is 0 Å². The molecule has 134 valence electrons. The Morgan fingerprint density at radius 3 is 2.54 bits per heavy atom. The van der Waals surface area contributed by atoms with Crippen molar-refractivity contribution >= 4 is 50.6 Å².